The van der Waals surface area contributed by atoms with Crippen molar-refractivity contribution in [2.24, 2.45) is 4.99 Å². The van der Waals surface area contributed by atoms with Gasteiger partial charge in [-0.25, -0.2) is 0 Å². The summed E-state index contributed by atoms with van der Waals surface area (Å²) in [4.78, 5) is 20.5. The minimum atomic E-state index is -0.0415. The fourth-order valence-corrected chi connectivity index (χ4v) is 4.70. The summed E-state index contributed by atoms with van der Waals surface area (Å²) in [5, 5.41) is 4.02. The van der Waals surface area contributed by atoms with E-state index in [4.69, 9.17) is 4.74 Å². The van der Waals surface area contributed by atoms with Gasteiger partial charge in [-0.1, -0.05) is 46.0 Å². The number of amidine groups is 1. The fraction of sp³-hybridized carbons (Fsp3) is 0.565. The fourth-order valence-electron chi connectivity index (χ4n) is 3.58. The zero-order chi connectivity index (χ0) is 20.5. The minimum Gasteiger partial charge on any atom is -0.494 e. The molecule has 0 fully saturated rings. The van der Waals surface area contributed by atoms with E-state index in [-0.39, 0.29) is 5.91 Å². The number of allylic oxidation sites excluding steroid dienone is 1. The molecule has 2 aliphatic heterocycles. The Morgan fingerprint density at radius 1 is 1.14 bits per heavy atom. The van der Waals surface area contributed by atoms with Crippen LogP contribution in [0.4, 0.5) is 5.69 Å². The van der Waals surface area contributed by atoms with Gasteiger partial charge in [-0.05, 0) is 55.3 Å². The number of thioether (sulfide) groups is 1. The highest BCUT2D eigenvalue weighted by atomic mass is 32.2. The van der Waals surface area contributed by atoms with Gasteiger partial charge in [0.2, 0.25) is 0 Å². The molecule has 2 aliphatic rings. The highest BCUT2D eigenvalue weighted by Crippen LogP contribution is 2.38. The third kappa shape index (κ3) is 6.01. The second-order valence-corrected chi connectivity index (χ2v) is 8.52. The number of rotatable bonds is 11. The number of anilines is 1. The van der Waals surface area contributed by atoms with Gasteiger partial charge in [-0.15, -0.1) is 0 Å². The number of hydrogen-bond donors (Lipinski definition) is 1. The molecule has 1 aromatic rings. The Bertz CT molecular complexity index is 743. The van der Waals surface area contributed by atoms with E-state index < -0.39 is 0 Å². The van der Waals surface area contributed by atoms with Crippen molar-refractivity contribution in [2.75, 3.05) is 25.0 Å². The number of aliphatic imine (C=N–C) groups is 1. The van der Waals surface area contributed by atoms with E-state index >= 15 is 0 Å². The molecule has 29 heavy (non-hydrogen) atoms. The van der Waals surface area contributed by atoms with Gasteiger partial charge in [0.05, 0.1) is 11.5 Å². The lowest BCUT2D eigenvalue weighted by Crippen LogP contribution is -2.29. The van der Waals surface area contributed by atoms with Crippen LogP contribution in [-0.2, 0) is 4.79 Å². The molecule has 1 N–H and O–H groups in total. The zero-order valence-corrected chi connectivity index (χ0v) is 18.5. The number of benzene rings is 1. The molecule has 3 rings (SSSR count). The summed E-state index contributed by atoms with van der Waals surface area (Å²) in [6, 6.07) is 7.68. The average molecular weight is 416 g/mol. The number of ether oxygens (including phenoxy) is 1. The Labute approximate surface area is 179 Å². The van der Waals surface area contributed by atoms with Crippen molar-refractivity contribution in [3.8, 4) is 5.75 Å². The second kappa shape index (κ2) is 11.3. The van der Waals surface area contributed by atoms with Crippen LogP contribution in [0, 0.1) is 0 Å². The van der Waals surface area contributed by atoms with Crippen LogP contribution < -0.4 is 10.1 Å². The van der Waals surface area contributed by atoms with Crippen LogP contribution in [0.3, 0.4) is 0 Å². The van der Waals surface area contributed by atoms with Gasteiger partial charge >= 0.3 is 0 Å². The number of unbranched alkanes of at least 4 members (excludes halogenated alkanes) is 4. The lowest BCUT2D eigenvalue weighted by Gasteiger charge is -2.25. The highest BCUT2D eigenvalue weighted by Gasteiger charge is 2.33. The number of nitrogens with one attached hydrogen (secondary N) is 1. The van der Waals surface area contributed by atoms with Crippen LogP contribution in [0.15, 0.2) is 39.9 Å². The molecule has 0 saturated heterocycles. The molecule has 0 bridgehead atoms. The first-order valence-electron chi connectivity index (χ1n) is 11.0. The number of carbonyl (C=O) groups is 1. The zero-order valence-electron chi connectivity index (χ0n) is 17.7. The van der Waals surface area contributed by atoms with Gasteiger partial charge in [-0.3, -0.25) is 9.79 Å². The van der Waals surface area contributed by atoms with Crippen LogP contribution in [0.5, 0.6) is 5.75 Å². The molecule has 5 nitrogen and oxygen atoms in total. The lowest BCUT2D eigenvalue weighted by molar-refractivity contribution is -0.112. The van der Waals surface area contributed by atoms with Gasteiger partial charge < -0.3 is 15.0 Å². The molecular formula is C23H33N3O2S. The molecule has 1 amide bonds. The van der Waals surface area contributed by atoms with Crippen molar-refractivity contribution in [1.82, 2.24) is 4.90 Å². The molecule has 6 heteroatoms. The monoisotopic (exact) mass is 415 g/mol. The topological polar surface area (TPSA) is 53.9 Å². The lowest BCUT2D eigenvalue weighted by atomic mass is 10.2. The SMILES string of the molecule is CCCCCCCOc1ccc(NC(=O)C2=C(CCC)N3CCCN=C3S2)cc1. The van der Waals surface area contributed by atoms with E-state index in [2.05, 4.69) is 29.1 Å². The first-order chi connectivity index (χ1) is 14.2. The molecular weight excluding hydrogens is 382 g/mol. The van der Waals surface area contributed by atoms with Crippen LogP contribution >= 0.6 is 11.8 Å². The van der Waals surface area contributed by atoms with E-state index in [1.807, 2.05) is 24.3 Å². The molecule has 0 aromatic heterocycles. The average Bonchev–Trinajstić information content (AvgIpc) is 3.11. The number of nitrogens with zero attached hydrogens (tertiary/aromatic N) is 2. The van der Waals surface area contributed by atoms with Gasteiger partial charge in [0.25, 0.3) is 5.91 Å². The molecule has 2 heterocycles. The maximum atomic E-state index is 12.9. The Kier molecular flexibility index (Phi) is 8.47. The summed E-state index contributed by atoms with van der Waals surface area (Å²) in [5.41, 5.74) is 1.91. The highest BCUT2D eigenvalue weighted by molar-refractivity contribution is 8.18. The summed E-state index contributed by atoms with van der Waals surface area (Å²) in [5.74, 6) is 0.811. The van der Waals surface area contributed by atoms with Crippen LogP contribution in [-0.4, -0.2) is 35.7 Å². The quantitative estimate of drug-likeness (QED) is 0.465. The number of carbonyl (C=O) groups excluding carboxylic acids is 1. The maximum Gasteiger partial charge on any atom is 0.264 e. The molecule has 1 aromatic carbocycles. The van der Waals surface area contributed by atoms with Crippen molar-refractivity contribution >= 4 is 28.5 Å². The summed E-state index contributed by atoms with van der Waals surface area (Å²) in [6.45, 7) is 6.93. The van der Waals surface area contributed by atoms with E-state index in [1.54, 1.807) is 0 Å². The van der Waals surface area contributed by atoms with Gasteiger partial charge in [0.1, 0.15) is 5.75 Å². The van der Waals surface area contributed by atoms with E-state index in [1.165, 1.54) is 37.4 Å². The van der Waals surface area contributed by atoms with Crippen LogP contribution in [0.2, 0.25) is 0 Å². The number of fused-ring (bicyclic) bond motifs is 1. The van der Waals surface area contributed by atoms with E-state index in [0.717, 1.165) is 72.6 Å². The van der Waals surface area contributed by atoms with Crippen molar-refractivity contribution in [1.29, 1.82) is 0 Å². The molecule has 0 spiro atoms. The predicted octanol–water partition coefficient (Wildman–Crippen LogP) is 5.79. The maximum absolute atomic E-state index is 12.9. The number of amides is 1. The minimum absolute atomic E-state index is 0.0415. The molecule has 0 aliphatic carbocycles. The standard InChI is InChI=1S/C23H33N3O2S/c1-3-5-6-7-8-17-28-19-13-11-18(12-14-19)25-22(27)21-20(10-4-2)26-16-9-15-24-23(26)29-21/h11-14H,3-10,15-17H2,1-2H3,(H,25,27). The molecule has 158 valence electrons. The van der Waals surface area contributed by atoms with Gasteiger partial charge in [0, 0.05) is 24.5 Å². The Hall–Kier alpha value is -1.95. The third-order valence-electron chi connectivity index (χ3n) is 5.12. The largest absolute Gasteiger partial charge is 0.494 e. The number of hydrogen-bond acceptors (Lipinski definition) is 5. The molecule has 0 atom stereocenters. The van der Waals surface area contributed by atoms with Gasteiger partial charge in [-0.2, -0.15) is 0 Å². The van der Waals surface area contributed by atoms with Crippen LogP contribution in [0.25, 0.3) is 0 Å². The summed E-state index contributed by atoms with van der Waals surface area (Å²) in [7, 11) is 0. The molecule has 0 saturated carbocycles. The normalized spacial score (nSPS) is 15.9. The molecule has 0 unspecified atom stereocenters. The van der Waals surface area contributed by atoms with Gasteiger partial charge in [0.15, 0.2) is 5.17 Å². The summed E-state index contributed by atoms with van der Waals surface area (Å²) >= 11 is 1.51. The van der Waals surface area contributed by atoms with Crippen molar-refractivity contribution in [3.63, 3.8) is 0 Å². The second-order valence-electron chi connectivity index (χ2n) is 7.54. The third-order valence-corrected chi connectivity index (χ3v) is 6.28. The Morgan fingerprint density at radius 2 is 1.93 bits per heavy atom. The smallest absolute Gasteiger partial charge is 0.264 e. The van der Waals surface area contributed by atoms with Crippen LogP contribution in [0.1, 0.15) is 65.2 Å². The first kappa shape index (κ1) is 21.8. The van der Waals surface area contributed by atoms with Crippen molar-refractivity contribution in [3.05, 3.63) is 34.9 Å². The van der Waals surface area contributed by atoms with Crippen molar-refractivity contribution < 1.29 is 9.53 Å². The first-order valence-corrected chi connectivity index (χ1v) is 11.8. The Morgan fingerprint density at radius 3 is 2.69 bits per heavy atom. The van der Waals surface area contributed by atoms with E-state index in [9.17, 15) is 4.79 Å². The van der Waals surface area contributed by atoms with Crippen molar-refractivity contribution in [2.45, 2.75) is 65.2 Å². The predicted molar refractivity (Wildman–Crippen MR) is 122 cm³/mol. The summed E-state index contributed by atoms with van der Waals surface area (Å²) < 4.78 is 5.81. The van der Waals surface area contributed by atoms with E-state index in [0.29, 0.717) is 0 Å². The Balaban J connectivity index is 1.54. The summed E-state index contributed by atoms with van der Waals surface area (Å²) in [6.07, 6.45) is 9.11. The molecule has 0 radical (unpaired) electrons.